The van der Waals surface area contributed by atoms with Crippen molar-refractivity contribution in [3.63, 3.8) is 0 Å². The van der Waals surface area contributed by atoms with E-state index in [1.54, 1.807) is 0 Å². The van der Waals surface area contributed by atoms with E-state index in [1.807, 2.05) is 20.8 Å². The maximum Gasteiger partial charge on any atom is 0.311 e. The van der Waals surface area contributed by atoms with E-state index >= 15 is 0 Å². The Kier molecular flexibility index (Phi) is 6.86. The lowest BCUT2D eigenvalue weighted by Gasteiger charge is -2.25. The number of carbonyl (C=O) groups is 1. The van der Waals surface area contributed by atoms with Gasteiger partial charge in [-0.3, -0.25) is 4.79 Å². The zero-order valence-electron chi connectivity index (χ0n) is 11.4. The minimum absolute atomic E-state index is 0. The molecular formula is C12H27NO2. The first-order valence-corrected chi connectivity index (χ1v) is 5.17. The number of hydrogen-bond donors (Lipinski definition) is 0. The van der Waals surface area contributed by atoms with E-state index in [0.717, 1.165) is 17.4 Å². The number of carbonyl (C=O) groups excluding carboxylic acids is 1. The van der Waals surface area contributed by atoms with Crippen LogP contribution in [0.15, 0.2) is 0 Å². The van der Waals surface area contributed by atoms with E-state index in [1.165, 1.54) is 0 Å². The second-order valence-electron chi connectivity index (χ2n) is 5.39. The Labute approximate surface area is 95.0 Å². The molecule has 0 fully saturated rings. The van der Waals surface area contributed by atoms with Crippen LogP contribution in [0.4, 0.5) is 0 Å². The molecule has 3 nitrogen and oxygen atoms in total. The molecule has 15 heavy (non-hydrogen) atoms. The first kappa shape index (κ1) is 16.8. The van der Waals surface area contributed by atoms with Gasteiger partial charge < -0.3 is 16.6 Å². The average molecular weight is 217 g/mol. The molecule has 0 N–H and O–H groups in total. The van der Waals surface area contributed by atoms with Crippen LogP contribution in [0.1, 0.15) is 27.2 Å². The Hall–Kier alpha value is -0.570. The number of quaternary nitrogens is 1. The van der Waals surface area contributed by atoms with Crippen LogP contribution in [-0.4, -0.2) is 44.7 Å². The topological polar surface area (TPSA) is 26.3 Å². The van der Waals surface area contributed by atoms with E-state index in [0.29, 0.717) is 6.61 Å². The summed E-state index contributed by atoms with van der Waals surface area (Å²) in [6.07, 6.45) is 0.816. The maximum absolute atomic E-state index is 11.6. The molecule has 0 heterocycles. The zero-order chi connectivity index (χ0) is 11.4. The highest BCUT2D eigenvalue weighted by Gasteiger charge is 2.27. The number of rotatable bonds is 5. The lowest BCUT2D eigenvalue weighted by Crippen LogP contribution is -2.39. The number of esters is 1. The van der Waals surface area contributed by atoms with Gasteiger partial charge in [-0.15, -0.1) is 0 Å². The van der Waals surface area contributed by atoms with Crippen molar-refractivity contribution in [2.24, 2.45) is 5.41 Å². The highest BCUT2D eigenvalue weighted by Crippen LogP contribution is 2.21. The molecule has 0 aromatic heterocycles. The van der Waals surface area contributed by atoms with Crippen LogP contribution in [0.3, 0.4) is 0 Å². The Morgan fingerprint density at radius 2 is 1.73 bits per heavy atom. The smallest absolute Gasteiger partial charge is 0.311 e. The highest BCUT2D eigenvalue weighted by atomic mass is 16.5. The number of nitrogens with zero attached hydrogens (tertiary/aromatic N) is 1. The maximum atomic E-state index is 11.6. The average Bonchev–Trinajstić information content (AvgIpc) is 2.02. The van der Waals surface area contributed by atoms with Gasteiger partial charge in [0.15, 0.2) is 0 Å². The summed E-state index contributed by atoms with van der Waals surface area (Å²) in [5, 5.41) is 0. The normalized spacial score (nSPS) is 11.9. The number of likely N-dealkylation sites (N-methyl/N-ethyl adjacent to an activating group) is 1. The Bertz CT molecular complexity index is 192. The summed E-state index contributed by atoms with van der Waals surface area (Å²) in [5.41, 5.74) is -0.342. The van der Waals surface area contributed by atoms with Crippen LogP contribution >= 0.6 is 0 Å². The molecule has 0 amide bonds. The van der Waals surface area contributed by atoms with Crippen molar-refractivity contribution in [1.29, 1.82) is 0 Å². The molecule has 0 rings (SSSR count). The number of ether oxygens (including phenoxy) is 1. The van der Waals surface area contributed by atoms with Crippen molar-refractivity contribution >= 4 is 5.97 Å². The molecule has 0 saturated heterocycles. The first-order valence-electron chi connectivity index (χ1n) is 5.17. The Morgan fingerprint density at radius 1 is 1.27 bits per heavy atom. The third-order valence-electron chi connectivity index (χ3n) is 2.43. The fourth-order valence-corrected chi connectivity index (χ4v) is 0.752. The molecule has 0 aliphatic carbocycles. The summed E-state index contributed by atoms with van der Waals surface area (Å²) in [5.74, 6) is -0.0894. The van der Waals surface area contributed by atoms with Gasteiger partial charge in [-0.25, -0.2) is 0 Å². The molecule has 0 aromatic carbocycles. The summed E-state index contributed by atoms with van der Waals surface area (Å²) in [7, 11) is 6.25. The lowest BCUT2D eigenvalue weighted by molar-refractivity contribution is -0.870. The SMILES string of the molecule is CCC(C)(C)C(=O)OCC[N+](C)(C)C.[CH3-]. The minimum atomic E-state index is -0.342. The molecule has 0 aliphatic rings. The van der Waals surface area contributed by atoms with Crippen LogP contribution in [0.2, 0.25) is 0 Å². The minimum Gasteiger partial charge on any atom is -0.459 e. The third-order valence-corrected chi connectivity index (χ3v) is 2.43. The molecule has 0 aliphatic heterocycles. The van der Waals surface area contributed by atoms with Crippen LogP contribution in [0, 0.1) is 12.8 Å². The van der Waals surface area contributed by atoms with Gasteiger partial charge in [0, 0.05) is 0 Å². The Balaban J connectivity index is 0. The van der Waals surface area contributed by atoms with Gasteiger partial charge in [0.25, 0.3) is 0 Å². The lowest BCUT2D eigenvalue weighted by atomic mass is 9.91. The molecule has 0 aromatic rings. The van der Waals surface area contributed by atoms with Crippen molar-refractivity contribution in [1.82, 2.24) is 0 Å². The van der Waals surface area contributed by atoms with Gasteiger partial charge >= 0.3 is 5.97 Å². The standard InChI is InChI=1S/C11H24NO2.CH3/c1-7-11(2,3)10(13)14-9-8-12(4,5)6;/h7-9H2,1-6H3;1H3/q+1;-1. The van der Waals surface area contributed by atoms with E-state index in [-0.39, 0.29) is 18.8 Å². The quantitative estimate of drug-likeness (QED) is 0.400. The van der Waals surface area contributed by atoms with Crippen molar-refractivity contribution in [3.8, 4) is 0 Å². The molecule has 0 atom stereocenters. The molecule has 0 spiro atoms. The summed E-state index contributed by atoms with van der Waals surface area (Å²) in [4.78, 5) is 11.6. The summed E-state index contributed by atoms with van der Waals surface area (Å²) >= 11 is 0. The highest BCUT2D eigenvalue weighted by molar-refractivity contribution is 5.75. The van der Waals surface area contributed by atoms with Crippen molar-refractivity contribution in [2.75, 3.05) is 34.3 Å². The summed E-state index contributed by atoms with van der Waals surface area (Å²) in [6, 6.07) is 0. The fraction of sp³-hybridized carbons (Fsp3) is 0.833. The Morgan fingerprint density at radius 3 is 2.07 bits per heavy atom. The van der Waals surface area contributed by atoms with Crippen LogP contribution in [0.5, 0.6) is 0 Å². The molecule has 3 heteroatoms. The largest absolute Gasteiger partial charge is 0.459 e. The zero-order valence-corrected chi connectivity index (χ0v) is 11.4. The predicted octanol–water partition coefficient (Wildman–Crippen LogP) is 2.12. The first-order chi connectivity index (χ1) is 6.19. The van der Waals surface area contributed by atoms with Gasteiger partial charge in [-0.1, -0.05) is 6.92 Å². The molecule has 92 valence electrons. The van der Waals surface area contributed by atoms with Crippen LogP contribution in [-0.2, 0) is 9.53 Å². The van der Waals surface area contributed by atoms with Gasteiger partial charge in [0.1, 0.15) is 13.2 Å². The van der Waals surface area contributed by atoms with Crippen molar-refractivity contribution < 1.29 is 14.0 Å². The second-order valence-corrected chi connectivity index (χ2v) is 5.39. The summed E-state index contributed by atoms with van der Waals surface area (Å²) in [6.45, 7) is 7.20. The monoisotopic (exact) mass is 217 g/mol. The van der Waals surface area contributed by atoms with E-state index in [4.69, 9.17) is 4.74 Å². The molecular weight excluding hydrogens is 190 g/mol. The van der Waals surface area contributed by atoms with Gasteiger partial charge in [-0.05, 0) is 20.3 Å². The van der Waals surface area contributed by atoms with Crippen LogP contribution < -0.4 is 0 Å². The molecule has 0 unspecified atom stereocenters. The fourth-order valence-electron chi connectivity index (χ4n) is 0.752. The third kappa shape index (κ3) is 7.37. The second kappa shape index (κ2) is 6.11. The van der Waals surface area contributed by atoms with Gasteiger partial charge in [0.05, 0.1) is 26.6 Å². The van der Waals surface area contributed by atoms with Crippen molar-refractivity contribution in [2.45, 2.75) is 27.2 Å². The van der Waals surface area contributed by atoms with Gasteiger partial charge in [0.2, 0.25) is 0 Å². The van der Waals surface area contributed by atoms with E-state index < -0.39 is 0 Å². The summed E-state index contributed by atoms with van der Waals surface area (Å²) < 4.78 is 6.04. The number of hydrogen-bond acceptors (Lipinski definition) is 2. The van der Waals surface area contributed by atoms with Crippen molar-refractivity contribution in [3.05, 3.63) is 7.43 Å². The molecule has 0 saturated carbocycles. The predicted molar refractivity (Wildman–Crippen MR) is 64.3 cm³/mol. The van der Waals surface area contributed by atoms with E-state index in [9.17, 15) is 4.79 Å². The molecule has 0 radical (unpaired) electrons. The molecule has 0 bridgehead atoms. The van der Waals surface area contributed by atoms with Gasteiger partial charge in [-0.2, -0.15) is 0 Å². The van der Waals surface area contributed by atoms with Crippen LogP contribution in [0.25, 0.3) is 0 Å². The van der Waals surface area contributed by atoms with E-state index in [2.05, 4.69) is 21.1 Å².